The molecule has 0 saturated heterocycles. The molecule has 3 rings (SSSR count). The Bertz CT molecular complexity index is 1260. The van der Waals surface area contributed by atoms with Gasteiger partial charge in [0.1, 0.15) is 11.5 Å². The zero-order valence-electron chi connectivity index (χ0n) is 21.9. The number of hydrogen-bond acceptors (Lipinski definition) is 5. The van der Waals surface area contributed by atoms with Gasteiger partial charge in [0.15, 0.2) is 6.61 Å². The minimum Gasteiger partial charge on any atom is -0.484 e. The van der Waals surface area contributed by atoms with Crippen LogP contribution in [0.5, 0.6) is 11.5 Å². The number of halogens is 1. The van der Waals surface area contributed by atoms with Crippen molar-refractivity contribution in [1.82, 2.24) is 5.43 Å². The van der Waals surface area contributed by atoms with Crippen molar-refractivity contribution in [3.63, 3.8) is 0 Å². The number of benzene rings is 3. The van der Waals surface area contributed by atoms with Crippen LogP contribution < -0.4 is 14.9 Å². The largest absolute Gasteiger partial charge is 0.484 e. The summed E-state index contributed by atoms with van der Waals surface area (Å²) >= 11 is 6.05. The number of ether oxygens (including phenoxy) is 2. The van der Waals surface area contributed by atoms with Crippen LogP contribution in [0.25, 0.3) is 0 Å². The summed E-state index contributed by atoms with van der Waals surface area (Å²) in [6.07, 6.45) is 2.50. The van der Waals surface area contributed by atoms with Gasteiger partial charge in [-0.05, 0) is 64.8 Å². The molecule has 0 bridgehead atoms. The molecule has 37 heavy (non-hydrogen) atoms. The van der Waals surface area contributed by atoms with Crippen LogP contribution >= 0.6 is 11.6 Å². The van der Waals surface area contributed by atoms with Crippen LogP contribution in [0.3, 0.4) is 0 Å². The highest BCUT2D eigenvalue weighted by atomic mass is 35.5. The summed E-state index contributed by atoms with van der Waals surface area (Å²) in [5.41, 5.74) is 4.83. The molecule has 0 aliphatic heterocycles. The minimum atomic E-state index is -0.559. The normalized spacial score (nSPS) is 11.8. The van der Waals surface area contributed by atoms with Gasteiger partial charge in [-0.1, -0.05) is 82.6 Å². The monoisotopic (exact) mass is 520 g/mol. The maximum atomic E-state index is 12.3. The van der Waals surface area contributed by atoms with Crippen molar-refractivity contribution in [3.05, 3.63) is 94.5 Å². The van der Waals surface area contributed by atoms with Crippen LogP contribution in [0.15, 0.2) is 77.9 Å². The van der Waals surface area contributed by atoms with Crippen LogP contribution in [0, 0.1) is 5.41 Å². The summed E-state index contributed by atoms with van der Waals surface area (Å²) in [5, 5.41) is 4.28. The van der Waals surface area contributed by atoms with Gasteiger partial charge < -0.3 is 9.47 Å². The lowest BCUT2D eigenvalue weighted by molar-refractivity contribution is -0.123. The first-order valence-corrected chi connectivity index (χ1v) is 12.4. The van der Waals surface area contributed by atoms with E-state index in [9.17, 15) is 9.59 Å². The molecule has 0 aliphatic carbocycles. The van der Waals surface area contributed by atoms with Gasteiger partial charge in [0, 0.05) is 0 Å². The minimum absolute atomic E-state index is 0.0348. The predicted molar refractivity (Wildman–Crippen MR) is 148 cm³/mol. The van der Waals surface area contributed by atoms with Gasteiger partial charge in [0.2, 0.25) is 0 Å². The van der Waals surface area contributed by atoms with Crippen molar-refractivity contribution in [2.75, 3.05) is 6.61 Å². The molecule has 1 N–H and O–H groups in total. The van der Waals surface area contributed by atoms with E-state index in [1.54, 1.807) is 48.5 Å². The number of esters is 1. The van der Waals surface area contributed by atoms with Crippen molar-refractivity contribution in [2.45, 2.75) is 46.5 Å². The van der Waals surface area contributed by atoms with Crippen LogP contribution in [-0.4, -0.2) is 24.7 Å². The van der Waals surface area contributed by atoms with Crippen LogP contribution in [0.4, 0.5) is 0 Å². The van der Waals surface area contributed by atoms with E-state index >= 15 is 0 Å². The Balaban J connectivity index is 1.49. The molecular formula is C30H33ClN2O4. The first-order valence-electron chi connectivity index (χ1n) is 12.0. The Labute approximate surface area is 223 Å². The summed E-state index contributed by atoms with van der Waals surface area (Å²) < 4.78 is 11.0. The summed E-state index contributed by atoms with van der Waals surface area (Å²) in [4.78, 5) is 24.5. The Hall–Kier alpha value is -3.64. The number of carbonyl (C=O) groups excluding carboxylic acids is 2. The van der Waals surface area contributed by atoms with Gasteiger partial charge in [-0.3, -0.25) is 4.79 Å². The standard InChI is InChI=1S/C30H33ClN2O4/c1-29(2,3)20-30(4,5)22-13-15-23(16-14-22)36-19-27(34)33-32-18-21-9-8-10-24(17-21)37-28(35)25-11-6-7-12-26(25)31/h6-18H,19-20H2,1-5H3,(H,33,34). The highest BCUT2D eigenvalue weighted by Crippen LogP contribution is 2.36. The number of carbonyl (C=O) groups is 2. The van der Waals surface area contributed by atoms with Gasteiger partial charge in [0.05, 0.1) is 16.8 Å². The Morgan fingerprint density at radius 1 is 0.919 bits per heavy atom. The van der Waals surface area contributed by atoms with E-state index in [1.165, 1.54) is 11.8 Å². The Morgan fingerprint density at radius 2 is 1.62 bits per heavy atom. The van der Waals surface area contributed by atoms with Crippen LogP contribution in [0.1, 0.15) is 62.5 Å². The molecule has 0 radical (unpaired) electrons. The zero-order chi connectivity index (χ0) is 27.1. The molecule has 0 spiro atoms. The smallest absolute Gasteiger partial charge is 0.345 e. The molecule has 0 unspecified atom stereocenters. The lowest BCUT2D eigenvalue weighted by Gasteiger charge is -2.33. The van der Waals surface area contributed by atoms with E-state index in [4.69, 9.17) is 21.1 Å². The summed E-state index contributed by atoms with van der Waals surface area (Å²) in [6.45, 7) is 11.0. The molecule has 3 aromatic carbocycles. The number of hydrogen-bond donors (Lipinski definition) is 1. The summed E-state index contributed by atoms with van der Waals surface area (Å²) in [6, 6.07) is 21.3. The van der Waals surface area contributed by atoms with Crippen LogP contribution in [0.2, 0.25) is 5.02 Å². The second-order valence-electron chi connectivity index (χ2n) is 10.7. The average molecular weight is 521 g/mol. The molecule has 0 saturated carbocycles. The van der Waals surface area contributed by atoms with E-state index in [-0.39, 0.29) is 23.0 Å². The number of amides is 1. The quantitative estimate of drug-likeness (QED) is 0.146. The fraction of sp³-hybridized carbons (Fsp3) is 0.300. The number of nitrogens with one attached hydrogen (secondary N) is 1. The third-order valence-corrected chi connectivity index (χ3v) is 5.87. The molecule has 0 fully saturated rings. The van der Waals surface area contributed by atoms with E-state index < -0.39 is 11.9 Å². The van der Waals surface area contributed by atoms with Crippen molar-refractivity contribution in [2.24, 2.45) is 10.5 Å². The molecule has 7 heteroatoms. The second kappa shape index (κ2) is 12.1. The lowest BCUT2D eigenvalue weighted by Crippen LogP contribution is -2.25. The van der Waals surface area contributed by atoms with Gasteiger partial charge >= 0.3 is 5.97 Å². The number of rotatable bonds is 9. The van der Waals surface area contributed by atoms with E-state index in [2.05, 4.69) is 45.1 Å². The van der Waals surface area contributed by atoms with Gasteiger partial charge in [0.25, 0.3) is 5.91 Å². The molecule has 0 aromatic heterocycles. The maximum absolute atomic E-state index is 12.3. The van der Waals surface area contributed by atoms with Gasteiger partial charge in [-0.2, -0.15) is 5.10 Å². The Kier molecular flexibility index (Phi) is 9.11. The highest BCUT2D eigenvalue weighted by Gasteiger charge is 2.27. The maximum Gasteiger partial charge on any atom is 0.345 e. The molecule has 1 amide bonds. The molecule has 0 aliphatic rings. The molecular weight excluding hydrogens is 488 g/mol. The zero-order valence-corrected chi connectivity index (χ0v) is 22.6. The first-order chi connectivity index (χ1) is 17.4. The topological polar surface area (TPSA) is 77.0 Å². The fourth-order valence-corrected chi connectivity index (χ4v) is 4.45. The highest BCUT2D eigenvalue weighted by molar-refractivity contribution is 6.33. The first kappa shape index (κ1) is 27.9. The van der Waals surface area contributed by atoms with Crippen molar-refractivity contribution < 1.29 is 19.1 Å². The fourth-order valence-electron chi connectivity index (χ4n) is 4.24. The van der Waals surface area contributed by atoms with Crippen molar-refractivity contribution in [3.8, 4) is 11.5 Å². The summed E-state index contributed by atoms with van der Waals surface area (Å²) in [7, 11) is 0. The summed E-state index contributed by atoms with van der Waals surface area (Å²) in [5.74, 6) is -0.00856. The number of nitrogens with zero attached hydrogens (tertiary/aromatic N) is 1. The third kappa shape index (κ3) is 8.76. The average Bonchev–Trinajstić information content (AvgIpc) is 2.82. The van der Waals surface area contributed by atoms with Gasteiger partial charge in [-0.25, -0.2) is 10.2 Å². The third-order valence-electron chi connectivity index (χ3n) is 5.54. The van der Waals surface area contributed by atoms with E-state index in [0.29, 0.717) is 22.1 Å². The van der Waals surface area contributed by atoms with Crippen LogP contribution in [-0.2, 0) is 10.2 Å². The molecule has 0 heterocycles. The van der Waals surface area contributed by atoms with E-state index in [1.807, 2.05) is 24.3 Å². The SMILES string of the molecule is CC(C)(C)CC(C)(C)c1ccc(OCC(=O)NN=Cc2cccc(OC(=O)c3ccccc3Cl)c2)cc1. The molecule has 3 aromatic rings. The predicted octanol–water partition coefficient (Wildman–Crippen LogP) is 6.80. The Morgan fingerprint density at radius 3 is 2.30 bits per heavy atom. The van der Waals surface area contributed by atoms with E-state index in [0.717, 1.165) is 6.42 Å². The lowest BCUT2D eigenvalue weighted by atomic mass is 9.72. The molecule has 0 atom stereocenters. The molecule has 194 valence electrons. The number of hydrazone groups is 1. The second-order valence-corrected chi connectivity index (χ2v) is 11.1. The van der Waals surface area contributed by atoms with Crippen molar-refractivity contribution >= 4 is 29.7 Å². The van der Waals surface area contributed by atoms with Gasteiger partial charge in [-0.15, -0.1) is 0 Å². The van der Waals surface area contributed by atoms with Crippen molar-refractivity contribution in [1.29, 1.82) is 0 Å². The molecule has 6 nitrogen and oxygen atoms in total.